The molecule has 0 saturated heterocycles. The van der Waals surface area contributed by atoms with Crippen LogP contribution in [0, 0.1) is 0 Å². The molecular formula is C17H12BrClN2OS. The Labute approximate surface area is 151 Å². The molecule has 0 spiro atoms. The van der Waals surface area contributed by atoms with E-state index in [-0.39, 0.29) is 5.56 Å². The molecule has 0 bridgehead atoms. The molecule has 3 rings (SSSR count). The molecule has 1 aromatic heterocycles. The van der Waals surface area contributed by atoms with Crippen molar-refractivity contribution in [3.8, 4) is 5.69 Å². The summed E-state index contributed by atoms with van der Waals surface area (Å²) in [4.78, 5) is 17.6. The number of thioether (sulfide) groups is 1. The van der Waals surface area contributed by atoms with Gasteiger partial charge in [-0.3, -0.25) is 9.36 Å². The molecule has 3 aromatic rings. The normalized spacial score (nSPS) is 10.9. The maximum atomic E-state index is 13.0. The van der Waals surface area contributed by atoms with Crippen LogP contribution in [0.1, 0.15) is 0 Å². The number of aromatic nitrogens is 2. The Morgan fingerprint density at radius 1 is 1.30 bits per heavy atom. The fourth-order valence-corrected chi connectivity index (χ4v) is 3.52. The standard InChI is InChI=1S/C17H12BrClN2OS/c1-2-9-23-17-20-14-10-11(18)7-8-12(14)16(22)21(17)15-6-4-3-5-13(15)19/h2-8,10H,1,9H2. The van der Waals surface area contributed by atoms with Crippen molar-refractivity contribution in [2.75, 3.05) is 5.75 Å². The number of hydrogen-bond donors (Lipinski definition) is 0. The molecule has 0 N–H and O–H groups in total. The summed E-state index contributed by atoms with van der Waals surface area (Å²) < 4.78 is 2.44. The van der Waals surface area contributed by atoms with Gasteiger partial charge in [-0.1, -0.05) is 57.5 Å². The van der Waals surface area contributed by atoms with Crippen LogP contribution in [0.2, 0.25) is 5.02 Å². The van der Waals surface area contributed by atoms with Gasteiger partial charge in [-0.15, -0.1) is 6.58 Å². The summed E-state index contributed by atoms with van der Waals surface area (Å²) >= 11 is 11.2. The van der Waals surface area contributed by atoms with Gasteiger partial charge in [-0.2, -0.15) is 0 Å². The van der Waals surface area contributed by atoms with E-state index in [9.17, 15) is 4.79 Å². The van der Waals surface area contributed by atoms with Gasteiger partial charge >= 0.3 is 0 Å². The molecule has 23 heavy (non-hydrogen) atoms. The number of hydrogen-bond acceptors (Lipinski definition) is 3. The lowest BCUT2D eigenvalue weighted by atomic mass is 10.2. The summed E-state index contributed by atoms with van der Waals surface area (Å²) in [5.74, 6) is 0.649. The number of rotatable bonds is 4. The SMILES string of the molecule is C=CCSc1nc2cc(Br)ccc2c(=O)n1-c1ccccc1Cl. The number of fused-ring (bicyclic) bond motifs is 1. The molecule has 0 unspecified atom stereocenters. The van der Waals surface area contributed by atoms with Gasteiger partial charge in [-0.25, -0.2) is 4.98 Å². The van der Waals surface area contributed by atoms with Gasteiger partial charge in [0.25, 0.3) is 5.56 Å². The monoisotopic (exact) mass is 406 g/mol. The highest BCUT2D eigenvalue weighted by molar-refractivity contribution is 9.10. The average Bonchev–Trinajstić information content (AvgIpc) is 2.54. The van der Waals surface area contributed by atoms with E-state index in [2.05, 4.69) is 27.5 Å². The van der Waals surface area contributed by atoms with Gasteiger partial charge in [0, 0.05) is 10.2 Å². The van der Waals surface area contributed by atoms with Crippen LogP contribution >= 0.6 is 39.3 Å². The molecule has 3 nitrogen and oxygen atoms in total. The fourth-order valence-electron chi connectivity index (χ4n) is 2.21. The van der Waals surface area contributed by atoms with Crippen LogP contribution in [0.3, 0.4) is 0 Å². The number of benzene rings is 2. The van der Waals surface area contributed by atoms with Crippen molar-refractivity contribution in [2.24, 2.45) is 0 Å². The summed E-state index contributed by atoms with van der Waals surface area (Å²) in [6.45, 7) is 3.73. The number of para-hydroxylation sites is 1. The van der Waals surface area contributed by atoms with Crippen LogP contribution in [-0.2, 0) is 0 Å². The fraction of sp³-hybridized carbons (Fsp3) is 0.0588. The van der Waals surface area contributed by atoms with Crippen LogP contribution in [-0.4, -0.2) is 15.3 Å². The van der Waals surface area contributed by atoms with Crippen molar-refractivity contribution in [2.45, 2.75) is 5.16 Å². The first-order valence-corrected chi connectivity index (χ1v) is 8.98. The molecule has 0 fully saturated rings. The number of nitrogens with zero attached hydrogens (tertiary/aromatic N) is 2. The lowest BCUT2D eigenvalue weighted by molar-refractivity contribution is 0.821. The van der Waals surface area contributed by atoms with E-state index in [1.165, 1.54) is 11.8 Å². The third-order valence-corrected chi connectivity index (χ3v) is 4.97. The second-order valence-electron chi connectivity index (χ2n) is 4.75. The Balaban J connectivity index is 2.36. The predicted octanol–water partition coefficient (Wildman–Crippen LogP) is 5.08. The molecule has 0 aliphatic carbocycles. The maximum absolute atomic E-state index is 13.0. The lowest BCUT2D eigenvalue weighted by Crippen LogP contribution is -2.22. The average molecular weight is 408 g/mol. The van der Waals surface area contributed by atoms with Crippen LogP contribution in [0.25, 0.3) is 16.6 Å². The molecule has 2 aromatic carbocycles. The second-order valence-corrected chi connectivity index (χ2v) is 7.06. The van der Waals surface area contributed by atoms with Gasteiger partial charge in [0.05, 0.1) is 21.6 Å². The quantitative estimate of drug-likeness (QED) is 0.344. The summed E-state index contributed by atoms with van der Waals surface area (Å²) in [6, 6.07) is 12.7. The van der Waals surface area contributed by atoms with Crippen molar-refractivity contribution >= 4 is 50.2 Å². The zero-order chi connectivity index (χ0) is 16.4. The van der Waals surface area contributed by atoms with E-state index in [1.807, 2.05) is 30.3 Å². The van der Waals surface area contributed by atoms with E-state index < -0.39 is 0 Å². The third kappa shape index (κ3) is 3.22. The van der Waals surface area contributed by atoms with E-state index >= 15 is 0 Å². The molecule has 0 aliphatic heterocycles. The molecule has 0 saturated carbocycles. The van der Waals surface area contributed by atoms with E-state index in [4.69, 9.17) is 11.6 Å². The Bertz CT molecular complexity index is 955. The van der Waals surface area contributed by atoms with E-state index in [1.54, 1.807) is 22.8 Å². The molecular weight excluding hydrogens is 396 g/mol. The molecule has 0 aliphatic rings. The highest BCUT2D eigenvalue weighted by Gasteiger charge is 2.15. The van der Waals surface area contributed by atoms with Gasteiger partial charge < -0.3 is 0 Å². The first kappa shape index (κ1) is 16.3. The summed E-state index contributed by atoms with van der Waals surface area (Å²) in [7, 11) is 0. The van der Waals surface area contributed by atoms with Crippen molar-refractivity contribution in [3.63, 3.8) is 0 Å². The Kier molecular flexibility index (Phi) is 4.90. The molecule has 0 atom stereocenters. The topological polar surface area (TPSA) is 34.9 Å². The molecule has 6 heteroatoms. The summed E-state index contributed by atoms with van der Waals surface area (Å²) in [5, 5.41) is 1.65. The molecule has 0 radical (unpaired) electrons. The molecule has 0 amide bonds. The third-order valence-electron chi connectivity index (χ3n) is 3.22. The lowest BCUT2D eigenvalue weighted by Gasteiger charge is -2.14. The highest BCUT2D eigenvalue weighted by Crippen LogP contribution is 2.26. The van der Waals surface area contributed by atoms with Crippen LogP contribution in [0.5, 0.6) is 0 Å². The minimum atomic E-state index is -0.137. The van der Waals surface area contributed by atoms with Crippen LogP contribution < -0.4 is 5.56 Å². The van der Waals surface area contributed by atoms with Crippen molar-refractivity contribution in [1.82, 2.24) is 9.55 Å². The molecule has 116 valence electrons. The van der Waals surface area contributed by atoms with E-state index in [0.29, 0.717) is 32.5 Å². The van der Waals surface area contributed by atoms with Crippen molar-refractivity contribution in [3.05, 3.63) is 75.0 Å². The minimum Gasteiger partial charge on any atom is -0.268 e. The summed E-state index contributed by atoms with van der Waals surface area (Å²) in [5.41, 5.74) is 1.14. The Hall–Kier alpha value is -1.56. The van der Waals surface area contributed by atoms with Crippen molar-refractivity contribution in [1.29, 1.82) is 0 Å². The Morgan fingerprint density at radius 2 is 2.09 bits per heavy atom. The maximum Gasteiger partial charge on any atom is 0.266 e. The number of halogens is 2. The largest absolute Gasteiger partial charge is 0.268 e. The van der Waals surface area contributed by atoms with E-state index in [0.717, 1.165) is 4.47 Å². The zero-order valence-electron chi connectivity index (χ0n) is 12.0. The first-order valence-electron chi connectivity index (χ1n) is 6.82. The molecule has 1 heterocycles. The smallest absolute Gasteiger partial charge is 0.266 e. The van der Waals surface area contributed by atoms with Crippen LogP contribution in [0.15, 0.2) is 69.5 Å². The highest BCUT2D eigenvalue weighted by atomic mass is 79.9. The summed E-state index contributed by atoms with van der Waals surface area (Å²) in [6.07, 6.45) is 1.78. The second kappa shape index (κ2) is 6.91. The zero-order valence-corrected chi connectivity index (χ0v) is 15.2. The van der Waals surface area contributed by atoms with Gasteiger partial charge in [-0.05, 0) is 30.3 Å². The Morgan fingerprint density at radius 3 is 2.83 bits per heavy atom. The first-order chi connectivity index (χ1) is 11.1. The van der Waals surface area contributed by atoms with Gasteiger partial charge in [0.2, 0.25) is 0 Å². The van der Waals surface area contributed by atoms with Gasteiger partial charge in [0.15, 0.2) is 5.16 Å². The van der Waals surface area contributed by atoms with Crippen molar-refractivity contribution < 1.29 is 0 Å². The predicted molar refractivity (Wildman–Crippen MR) is 101 cm³/mol. The van der Waals surface area contributed by atoms with Gasteiger partial charge in [0.1, 0.15) is 0 Å². The minimum absolute atomic E-state index is 0.137. The van der Waals surface area contributed by atoms with Crippen LogP contribution in [0.4, 0.5) is 0 Å².